The highest BCUT2D eigenvalue weighted by Crippen LogP contribution is 2.29. The summed E-state index contributed by atoms with van der Waals surface area (Å²) in [5, 5.41) is 3.73. The standard InChI is InChI=1S/C15H24N2/c1-3-4-5-7-12(2)17-14-10-9-13-8-6-11-16-15(13)14/h6,8,11-12,14,17H,3-5,7,9-10H2,1-2H3. The molecule has 1 aromatic heterocycles. The van der Waals surface area contributed by atoms with Crippen LogP contribution < -0.4 is 5.32 Å². The van der Waals surface area contributed by atoms with E-state index in [1.807, 2.05) is 12.3 Å². The van der Waals surface area contributed by atoms with Gasteiger partial charge in [0.25, 0.3) is 0 Å². The van der Waals surface area contributed by atoms with E-state index in [1.165, 1.54) is 49.8 Å². The van der Waals surface area contributed by atoms with E-state index in [2.05, 4.69) is 30.2 Å². The fraction of sp³-hybridized carbons (Fsp3) is 0.667. The summed E-state index contributed by atoms with van der Waals surface area (Å²) in [6.07, 6.45) is 9.60. The molecule has 1 N–H and O–H groups in total. The number of hydrogen-bond donors (Lipinski definition) is 1. The van der Waals surface area contributed by atoms with Gasteiger partial charge in [-0.05, 0) is 37.8 Å². The maximum absolute atomic E-state index is 4.53. The maximum Gasteiger partial charge on any atom is 0.0605 e. The fourth-order valence-electron chi connectivity index (χ4n) is 2.70. The van der Waals surface area contributed by atoms with Gasteiger partial charge >= 0.3 is 0 Å². The van der Waals surface area contributed by atoms with E-state index in [1.54, 1.807) is 0 Å². The van der Waals surface area contributed by atoms with Crippen LogP contribution in [0.4, 0.5) is 0 Å². The van der Waals surface area contributed by atoms with Crippen molar-refractivity contribution in [1.29, 1.82) is 0 Å². The Morgan fingerprint density at radius 2 is 2.35 bits per heavy atom. The zero-order valence-electron chi connectivity index (χ0n) is 11.1. The van der Waals surface area contributed by atoms with Crippen LogP contribution in [-0.4, -0.2) is 11.0 Å². The molecular formula is C15H24N2. The van der Waals surface area contributed by atoms with Crippen LogP contribution >= 0.6 is 0 Å². The van der Waals surface area contributed by atoms with Gasteiger partial charge in [0, 0.05) is 12.2 Å². The Hall–Kier alpha value is -0.890. The molecule has 0 amide bonds. The molecule has 2 nitrogen and oxygen atoms in total. The molecule has 2 heteroatoms. The predicted molar refractivity (Wildman–Crippen MR) is 72.0 cm³/mol. The van der Waals surface area contributed by atoms with Crippen LogP contribution in [0.25, 0.3) is 0 Å². The number of rotatable bonds is 6. The molecule has 2 rings (SSSR count). The largest absolute Gasteiger partial charge is 0.306 e. The first-order valence-corrected chi connectivity index (χ1v) is 7.01. The third-order valence-electron chi connectivity index (χ3n) is 3.68. The molecule has 0 aliphatic heterocycles. The van der Waals surface area contributed by atoms with Crippen molar-refractivity contribution in [2.24, 2.45) is 0 Å². The third kappa shape index (κ3) is 3.29. The summed E-state index contributed by atoms with van der Waals surface area (Å²) in [4.78, 5) is 4.53. The predicted octanol–water partition coefficient (Wildman–Crippen LogP) is 3.63. The van der Waals surface area contributed by atoms with Crippen molar-refractivity contribution in [1.82, 2.24) is 10.3 Å². The van der Waals surface area contributed by atoms with E-state index < -0.39 is 0 Å². The van der Waals surface area contributed by atoms with Gasteiger partial charge in [-0.1, -0.05) is 32.3 Å². The minimum atomic E-state index is 0.489. The Kier molecular flexibility index (Phi) is 4.55. The summed E-state index contributed by atoms with van der Waals surface area (Å²) in [7, 11) is 0. The third-order valence-corrected chi connectivity index (χ3v) is 3.68. The molecule has 94 valence electrons. The van der Waals surface area contributed by atoms with Gasteiger partial charge in [-0.2, -0.15) is 0 Å². The van der Waals surface area contributed by atoms with E-state index >= 15 is 0 Å². The number of nitrogens with zero attached hydrogens (tertiary/aromatic N) is 1. The number of aromatic nitrogens is 1. The molecule has 1 heterocycles. The Morgan fingerprint density at radius 3 is 3.18 bits per heavy atom. The Labute approximate surface area is 105 Å². The van der Waals surface area contributed by atoms with Crippen molar-refractivity contribution in [2.45, 2.75) is 64.5 Å². The molecule has 0 fully saturated rings. The highest BCUT2D eigenvalue weighted by atomic mass is 15.0. The van der Waals surface area contributed by atoms with Crippen LogP contribution in [0.5, 0.6) is 0 Å². The van der Waals surface area contributed by atoms with Gasteiger partial charge in [0.1, 0.15) is 0 Å². The molecule has 1 aliphatic carbocycles. The molecule has 0 saturated carbocycles. The maximum atomic E-state index is 4.53. The molecule has 0 saturated heterocycles. The first-order chi connectivity index (χ1) is 8.31. The highest BCUT2D eigenvalue weighted by Gasteiger charge is 2.24. The molecule has 0 aromatic carbocycles. The van der Waals surface area contributed by atoms with Crippen LogP contribution in [0.3, 0.4) is 0 Å². The normalized spacial score (nSPS) is 20.2. The Morgan fingerprint density at radius 1 is 1.47 bits per heavy atom. The number of aryl methyl sites for hydroxylation is 1. The lowest BCUT2D eigenvalue weighted by atomic mass is 10.1. The van der Waals surface area contributed by atoms with Crippen molar-refractivity contribution >= 4 is 0 Å². The second kappa shape index (κ2) is 6.15. The van der Waals surface area contributed by atoms with Gasteiger partial charge in [-0.15, -0.1) is 0 Å². The smallest absolute Gasteiger partial charge is 0.0605 e. The molecule has 1 aromatic rings. The summed E-state index contributed by atoms with van der Waals surface area (Å²) in [6, 6.07) is 5.36. The quantitative estimate of drug-likeness (QED) is 0.758. The second-order valence-electron chi connectivity index (χ2n) is 5.20. The summed E-state index contributed by atoms with van der Waals surface area (Å²) in [5.74, 6) is 0. The van der Waals surface area contributed by atoms with Crippen molar-refractivity contribution in [3.63, 3.8) is 0 Å². The average Bonchev–Trinajstić information content (AvgIpc) is 2.73. The molecule has 2 atom stereocenters. The van der Waals surface area contributed by atoms with Gasteiger partial charge in [-0.25, -0.2) is 0 Å². The SMILES string of the molecule is CCCCCC(C)NC1CCc2cccnc21. The zero-order valence-corrected chi connectivity index (χ0v) is 11.1. The Bertz CT molecular complexity index is 349. The highest BCUT2D eigenvalue weighted by molar-refractivity contribution is 5.27. The van der Waals surface area contributed by atoms with Gasteiger partial charge in [0.05, 0.1) is 11.7 Å². The van der Waals surface area contributed by atoms with Gasteiger partial charge in [0.2, 0.25) is 0 Å². The summed E-state index contributed by atoms with van der Waals surface area (Å²) in [6.45, 7) is 4.56. The molecule has 0 spiro atoms. The van der Waals surface area contributed by atoms with Gasteiger partial charge < -0.3 is 5.32 Å². The monoisotopic (exact) mass is 232 g/mol. The van der Waals surface area contributed by atoms with Crippen molar-refractivity contribution < 1.29 is 0 Å². The minimum Gasteiger partial charge on any atom is -0.306 e. The number of fused-ring (bicyclic) bond motifs is 1. The van der Waals surface area contributed by atoms with E-state index in [4.69, 9.17) is 0 Å². The van der Waals surface area contributed by atoms with Crippen LogP contribution in [0.2, 0.25) is 0 Å². The molecule has 17 heavy (non-hydrogen) atoms. The summed E-state index contributed by atoms with van der Waals surface area (Å²) in [5.41, 5.74) is 2.72. The number of unbranched alkanes of at least 4 members (excludes halogenated alkanes) is 2. The van der Waals surface area contributed by atoms with Crippen LogP contribution in [-0.2, 0) is 6.42 Å². The number of hydrogen-bond acceptors (Lipinski definition) is 2. The minimum absolute atomic E-state index is 0.489. The summed E-state index contributed by atoms with van der Waals surface area (Å²) < 4.78 is 0. The second-order valence-corrected chi connectivity index (χ2v) is 5.20. The average molecular weight is 232 g/mol. The molecule has 1 aliphatic rings. The summed E-state index contributed by atoms with van der Waals surface area (Å²) >= 11 is 0. The lowest BCUT2D eigenvalue weighted by Gasteiger charge is -2.19. The number of pyridine rings is 1. The lowest BCUT2D eigenvalue weighted by molar-refractivity contribution is 0.417. The topological polar surface area (TPSA) is 24.9 Å². The van der Waals surface area contributed by atoms with E-state index in [-0.39, 0.29) is 0 Å². The van der Waals surface area contributed by atoms with Crippen LogP contribution in [0.1, 0.15) is 63.3 Å². The van der Waals surface area contributed by atoms with Gasteiger partial charge in [-0.3, -0.25) is 4.98 Å². The van der Waals surface area contributed by atoms with Crippen LogP contribution in [0.15, 0.2) is 18.3 Å². The van der Waals surface area contributed by atoms with Gasteiger partial charge in [0.15, 0.2) is 0 Å². The van der Waals surface area contributed by atoms with Crippen molar-refractivity contribution in [3.05, 3.63) is 29.6 Å². The first kappa shape index (κ1) is 12.6. The van der Waals surface area contributed by atoms with E-state index in [9.17, 15) is 0 Å². The molecule has 2 unspecified atom stereocenters. The molecular weight excluding hydrogens is 208 g/mol. The Balaban J connectivity index is 1.84. The number of nitrogens with one attached hydrogen (secondary N) is 1. The first-order valence-electron chi connectivity index (χ1n) is 7.01. The molecule has 0 bridgehead atoms. The van der Waals surface area contributed by atoms with E-state index in [0.717, 1.165) is 0 Å². The zero-order chi connectivity index (χ0) is 12.1. The fourth-order valence-corrected chi connectivity index (χ4v) is 2.70. The van der Waals surface area contributed by atoms with E-state index in [0.29, 0.717) is 12.1 Å². The van der Waals surface area contributed by atoms with Crippen molar-refractivity contribution in [3.8, 4) is 0 Å². The molecule has 0 radical (unpaired) electrons. The lowest BCUT2D eigenvalue weighted by Crippen LogP contribution is -2.29. The van der Waals surface area contributed by atoms with Crippen LogP contribution in [0, 0.1) is 0 Å². The van der Waals surface area contributed by atoms with Crippen molar-refractivity contribution in [2.75, 3.05) is 0 Å².